The summed E-state index contributed by atoms with van der Waals surface area (Å²) in [5, 5.41) is 0.773. The number of piperazine rings is 1. The first kappa shape index (κ1) is 12.8. The van der Waals surface area contributed by atoms with Gasteiger partial charge in [-0.15, -0.1) is 0 Å². The molecule has 1 aliphatic rings. The van der Waals surface area contributed by atoms with Crippen LogP contribution in [0.5, 0.6) is 0 Å². The minimum Gasteiger partial charge on any atom is -0.298 e. The second kappa shape index (κ2) is 5.80. The average Bonchev–Trinajstić information content (AvgIpc) is 2.29. The summed E-state index contributed by atoms with van der Waals surface area (Å²) in [5.74, 6) is 0. The molecule has 1 atom stereocenters. The van der Waals surface area contributed by atoms with E-state index in [4.69, 9.17) is 11.6 Å². The summed E-state index contributed by atoms with van der Waals surface area (Å²) in [4.78, 5) is 9.33. The zero-order valence-corrected chi connectivity index (χ0v) is 11.3. The Hall–Kier alpha value is -0.640. The number of aromatic nitrogens is 1. The lowest BCUT2D eigenvalue weighted by atomic mass is 10.2. The SMILES string of the molecule is CCN1CCN(Cc2cc(Cl)ccn2)CC1C. The van der Waals surface area contributed by atoms with E-state index in [1.165, 1.54) is 0 Å². The monoisotopic (exact) mass is 253 g/mol. The highest BCUT2D eigenvalue weighted by atomic mass is 35.5. The van der Waals surface area contributed by atoms with Crippen LogP contribution in [-0.2, 0) is 6.54 Å². The van der Waals surface area contributed by atoms with Crippen LogP contribution in [0.25, 0.3) is 0 Å². The van der Waals surface area contributed by atoms with Gasteiger partial charge in [-0.05, 0) is 25.6 Å². The summed E-state index contributed by atoms with van der Waals surface area (Å²) in [5.41, 5.74) is 1.06. The molecule has 1 unspecified atom stereocenters. The highest BCUT2D eigenvalue weighted by Crippen LogP contribution is 2.14. The Balaban J connectivity index is 1.93. The number of pyridine rings is 1. The summed E-state index contributed by atoms with van der Waals surface area (Å²) in [7, 11) is 0. The van der Waals surface area contributed by atoms with Gasteiger partial charge in [-0.2, -0.15) is 0 Å². The molecular weight excluding hydrogens is 234 g/mol. The molecule has 0 aliphatic carbocycles. The van der Waals surface area contributed by atoms with E-state index in [0.29, 0.717) is 6.04 Å². The highest BCUT2D eigenvalue weighted by Gasteiger charge is 2.22. The zero-order valence-electron chi connectivity index (χ0n) is 10.6. The van der Waals surface area contributed by atoms with Gasteiger partial charge in [0, 0.05) is 43.4 Å². The molecule has 17 heavy (non-hydrogen) atoms. The third-order valence-electron chi connectivity index (χ3n) is 3.42. The van der Waals surface area contributed by atoms with E-state index in [1.807, 2.05) is 12.1 Å². The van der Waals surface area contributed by atoms with Crippen molar-refractivity contribution in [1.82, 2.24) is 14.8 Å². The third kappa shape index (κ3) is 3.41. The Kier molecular flexibility index (Phi) is 4.37. The van der Waals surface area contributed by atoms with E-state index < -0.39 is 0 Å². The molecule has 0 radical (unpaired) electrons. The van der Waals surface area contributed by atoms with E-state index >= 15 is 0 Å². The first-order valence-electron chi connectivity index (χ1n) is 6.26. The molecule has 4 heteroatoms. The molecule has 3 nitrogen and oxygen atoms in total. The van der Waals surface area contributed by atoms with Crippen molar-refractivity contribution >= 4 is 11.6 Å². The van der Waals surface area contributed by atoms with Crippen molar-refractivity contribution in [2.24, 2.45) is 0 Å². The number of hydrogen-bond acceptors (Lipinski definition) is 3. The van der Waals surface area contributed by atoms with E-state index in [1.54, 1.807) is 6.20 Å². The van der Waals surface area contributed by atoms with Crippen LogP contribution in [-0.4, -0.2) is 47.0 Å². The molecule has 0 aromatic carbocycles. The number of nitrogens with zero attached hydrogens (tertiary/aromatic N) is 3. The lowest BCUT2D eigenvalue weighted by molar-refractivity contribution is 0.0826. The predicted octanol–water partition coefficient (Wildman–Crippen LogP) is 2.26. The van der Waals surface area contributed by atoms with Crippen LogP contribution in [0.2, 0.25) is 5.02 Å². The van der Waals surface area contributed by atoms with E-state index in [9.17, 15) is 0 Å². The molecule has 2 heterocycles. The fourth-order valence-corrected chi connectivity index (χ4v) is 2.63. The Morgan fingerprint density at radius 1 is 1.47 bits per heavy atom. The van der Waals surface area contributed by atoms with Gasteiger partial charge in [0.1, 0.15) is 0 Å². The molecule has 0 saturated carbocycles. The molecule has 1 saturated heterocycles. The van der Waals surface area contributed by atoms with Crippen molar-refractivity contribution < 1.29 is 0 Å². The minimum atomic E-state index is 0.632. The summed E-state index contributed by atoms with van der Waals surface area (Å²) < 4.78 is 0. The van der Waals surface area contributed by atoms with Crippen LogP contribution in [0, 0.1) is 0 Å². The molecule has 94 valence electrons. The lowest BCUT2D eigenvalue weighted by Crippen LogP contribution is -2.51. The van der Waals surface area contributed by atoms with Gasteiger partial charge in [0.25, 0.3) is 0 Å². The third-order valence-corrected chi connectivity index (χ3v) is 3.65. The number of hydrogen-bond donors (Lipinski definition) is 0. The van der Waals surface area contributed by atoms with E-state index in [-0.39, 0.29) is 0 Å². The van der Waals surface area contributed by atoms with Gasteiger partial charge in [0.15, 0.2) is 0 Å². The normalized spacial score (nSPS) is 22.9. The Morgan fingerprint density at radius 3 is 2.94 bits per heavy atom. The number of halogens is 1. The smallest absolute Gasteiger partial charge is 0.0558 e. The second-order valence-electron chi connectivity index (χ2n) is 4.68. The summed E-state index contributed by atoms with van der Waals surface area (Å²) in [6, 6.07) is 4.41. The standard InChI is InChI=1S/C13H20ClN3/c1-3-17-7-6-16(9-11(17)2)10-13-8-12(14)4-5-15-13/h4-5,8,11H,3,6-7,9-10H2,1-2H3. The van der Waals surface area contributed by atoms with Gasteiger partial charge in [-0.25, -0.2) is 0 Å². The van der Waals surface area contributed by atoms with Crippen molar-refractivity contribution in [2.75, 3.05) is 26.2 Å². The molecule has 2 rings (SSSR count). The van der Waals surface area contributed by atoms with Gasteiger partial charge < -0.3 is 0 Å². The molecular formula is C13H20ClN3. The maximum absolute atomic E-state index is 5.97. The Labute approximate surface area is 108 Å². The van der Waals surface area contributed by atoms with Crippen molar-refractivity contribution in [3.63, 3.8) is 0 Å². The fourth-order valence-electron chi connectivity index (χ4n) is 2.45. The van der Waals surface area contributed by atoms with Crippen LogP contribution in [0.4, 0.5) is 0 Å². The molecule has 1 aromatic rings. The molecule has 0 amide bonds. The first-order valence-corrected chi connectivity index (χ1v) is 6.63. The maximum atomic E-state index is 5.97. The summed E-state index contributed by atoms with van der Waals surface area (Å²) in [6.45, 7) is 9.95. The molecule has 1 aliphatic heterocycles. The molecule has 1 fully saturated rings. The molecule has 0 spiro atoms. The number of rotatable bonds is 3. The van der Waals surface area contributed by atoms with Crippen molar-refractivity contribution in [3.05, 3.63) is 29.0 Å². The highest BCUT2D eigenvalue weighted by molar-refractivity contribution is 6.30. The quantitative estimate of drug-likeness (QED) is 0.824. The van der Waals surface area contributed by atoms with Crippen LogP contribution >= 0.6 is 11.6 Å². The predicted molar refractivity (Wildman–Crippen MR) is 71.2 cm³/mol. The van der Waals surface area contributed by atoms with Crippen molar-refractivity contribution in [2.45, 2.75) is 26.4 Å². The van der Waals surface area contributed by atoms with Gasteiger partial charge >= 0.3 is 0 Å². The number of likely N-dealkylation sites (N-methyl/N-ethyl adjacent to an activating group) is 1. The van der Waals surface area contributed by atoms with Crippen molar-refractivity contribution in [3.8, 4) is 0 Å². The second-order valence-corrected chi connectivity index (χ2v) is 5.11. The maximum Gasteiger partial charge on any atom is 0.0558 e. The summed E-state index contributed by atoms with van der Waals surface area (Å²) in [6.07, 6.45) is 1.78. The largest absolute Gasteiger partial charge is 0.298 e. The van der Waals surface area contributed by atoms with E-state index in [0.717, 1.165) is 43.4 Å². The lowest BCUT2D eigenvalue weighted by Gasteiger charge is -2.39. The fraction of sp³-hybridized carbons (Fsp3) is 0.615. The average molecular weight is 254 g/mol. The Bertz CT molecular complexity index is 369. The van der Waals surface area contributed by atoms with Gasteiger partial charge in [-0.3, -0.25) is 14.8 Å². The first-order chi connectivity index (χ1) is 8.19. The van der Waals surface area contributed by atoms with Gasteiger partial charge in [0.05, 0.1) is 5.69 Å². The van der Waals surface area contributed by atoms with Crippen LogP contribution in [0.3, 0.4) is 0 Å². The van der Waals surface area contributed by atoms with Crippen LogP contribution in [0.15, 0.2) is 18.3 Å². The summed E-state index contributed by atoms with van der Waals surface area (Å²) >= 11 is 5.97. The molecule has 0 bridgehead atoms. The van der Waals surface area contributed by atoms with Crippen LogP contribution < -0.4 is 0 Å². The van der Waals surface area contributed by atoms with Crippen LogP contribution in [0.1, 0.15) is 19.5 Å². The zero-order chi connectivity index (χ0) is 12.3. The molecule has 1 aromatic heterocycles. The van der Waals surface area contributed by atoms with Crippen molar-refractivity contribution in [1.29, 1.82) is 0 Å². The van der Waals surface area contributed by atoms with Gasteiger partial charge in [0.2, 0.25) is 0 Å². The molecule has 0 N–H and O–H groups in total. The van der Waals surface area contributed by atoms with E-state index in [2.05, 4.69) is 28.6 Å². The van der Waals surface area contributed by atoms with Gasteiger partial charge in [-0.1, -0.05) is 18.5 Å². The Morgan fingerprint density at radius 2 is 2.29 bits per heavy atom. The topological polar surface area (TPSA) is 19.4 Å². The minimum absolute atomic E-state index is 0.632.